The van der Waals surface area contributed by atoms with Crippen LogP contribution in [0, 0.1) is 11.3 Å². The van der Waals surface area contributed by atoms with Crippen LogP contribution in [0.1, 0.15) is 19.8 Å². The van der Waals surface area contributed by atoms with Gasteiger partial charge in [-0.2, -0.15) is 5.26 Å². The molecule has 0 saturated carbocycles. The molecule has 1 amide bonds. The number of rotatable bonds is 7. The van der Waals surface area contributed by atoms with Crippen LogP contribution in [0.15, 0.2) is 40.9 Å². The van der Waals surface area contributed by atoms with Crippen molar-refractivity contribution in [3.8, 4) is 6.07 Å². The van der Waals surface area contributed by atoms with Gasteiger partial charge in [-0.05, 0) is 30.7 Å². The lowest BCUT2D eigenvalue weighted by Crippen LogP contribution is -2.17. The molecular weight excluding hydrogens is 304 g/mol. The molecule has 4 N–H and O–H groups in total. The SMILES string of the molecule is CCCCN/C=C(/C#N)C(=O)Nc1ccc(S(N)(=O)=O)cc1. The van der Waals surface area contributed by atoms with Gasteiger partial charge in [-0.15, -0.1) is 0 Å². The molecule has 0 atom stereocenters. The van der Waals surface area contributed by atoms with Gasteiger partial charge in [-0.1, -0.05) is 13.3 Å². The second-order valence-electron chi connectivity index (χ2n) is 4.50. The normalized spacial score (nSPS) is 11.6. The van der Waals surface area contributed by atoms with Crippen LogP contribution in [0.5, 0.6) is 0 Å². The molecule has 1 rings (SSSR count). The zero-order valence-corrected chi connectivity index (χ0v) is 13.0. The van der Waals surface area contributed by atoms with Gasteiger partial charge in [0.2, 0.25) is 10.0 Å². The van der Waals surface area contributed by atoms with E-state index in [4.69, 9.17) is 10.4 Å². The van der Waals surface area contributed by atoms with E-state index < -0.39 is 15.9 Å². The zero-order valence-electron chi connectivity index (χ0n) is 12.2. The smallest absolute Gasteiger partial charge is 0.267 e. The third-order valence-electron chi connectivity index (χ3n) is 2.73. The molecule has 0 spiro atoms. The van der Waals surface area contributed by atoms with Crippen molar-refractivity contribution in [2.24, 2.45) is 5.14 Å². The average Bonchev–Trinajstić information content (AvgIpc) is 2.47. The average molecular weight is 322 g/mol. The van der Waals surface area contributed by atoms with E-state index in [2.05, 4.69) is 10.6 Å². The number of carbonyl (C=O) groups is 1. The molecule has 0 unspecified atom stereocenters. The highest BCUT2D eigenvalue weighted by Crippen LogP contribution is 2.13. The Morgan fingerprint density at radius 3 is 2.50 bits per heavy atom. The third kappa shape index (κ3) is 5.55. The highest BCUT2D eigenvalue weighted by Gasteiger charge is 2.11. The molecule has 0 heterocycles. The number of hydrogen-bond donors (Lipinski definition) is 3. The van der Waals surface area contributed by atoms with E-state index in [0.29, 0.717) is 12.2 Å². The summed E-state index contributed by atoms with van der Waals surface area (Å²) in [5, 5.41) is 19.3. The molecule has 7 nitrogen and oxygen atoms in total. The summed E-state index contributed by atoms with van der Waals surface area (Å²) in [5.74, 6) is -0.574. The van der Waals surface area contributed by atoms with Crippen molar-refractivity contribution in [3.05, 3.63) is 36.0 Å². The Labute approximate surface area is 129 Å². The van der Waals surface area contributed by atoms with E-state index in [0.717, 1.165) is 12.8 Å². The fraction of sp³-hybridized carbons (Fsp3) is 0.286. The summed E-state index contributed by atoms with van der Waals surface area (Å²) in [6.45, 7) is 2.71. The zero-order chi connectivity index (χ0) is 16.6. The monoisotopic (exact) mass is 322 g/mol. The molecule has 0 fully saturated rings. The maximum Gasteiger partial charge on any atom is 0.267 e. The summed E-state index contributed by atoms with van der Waals surface area (Å²) in [5.41, 5.74) is 0.304. The Balaban J connectivity index is 2.72. The van der Waals surface area contributed by atoms with Crippen LogP contribution < -0.4 is 15.8 Å². The molecule has 8 heteroatoms. The van der Waals surface area contributed by atoms with Crippen molar-refractivity contribution >= 4 is 21.6 Å². The fourth-order valence-electron chi connectivity index (χ4n) is 1.53. The maximum atomic E-state index is 11.9. The van der Waals surface area contributed by atoms with Crippen LogP contribution in [-0.2, 0) is 14.8 Å². The first kappa shape index (κ1) is 17.7. The predicted molar refractivity (Wildman–Crippen MR) is 83.1 cm³/mol. The molecule has 0 aliphatic heterocycles. The quantitative estimate of drug-likeness (QED) is 0.393. The number of benzene rings is 1. The molecular formula is C14H18N4O3S. The first-order valence-electron chi connectivity index (χ1n) is 6.66. The van der Waals surface area contributed by atoms with Crippen LogP contribution in [-0.4, -0.2) is 20.9 Å². The Morgan fingerprint density at radius 2 is 2.00 bits per heavy atom. The van der Waals surface area contributed by atoms with Crippen LogP contribution in [0.4, 0.5) is 5.69 Å². The third-order valence-corrected chi connectivity index (χ3v) is 3.66. The van der Waals surface area contributed by atoms with Gasteiger partial charge in [-0.3, -0.25) is 4.79 Å². The van der Waals surface area contributed by atoms with Gasteiger partial charge in [0.1, 0.15) is 11.6 Å². The van der Waals surface area contributed by atoms with Crippen LogP contribution >= 0.6 is 0 Å². The van der Waals surface area contributed by atoms with Gasteiger partial charge in [0, 0.05) is 18.4 Å². The standard InChI is InChI=1S/C14H18N4O3S/c1-2-3-8-17-10-11(9-15)14(19)18-12-4-6-13(7-5-12)22(16,20)21/h4-7,10,17H,2-3,8H2,1H3,(H,18,19)(H2,16,20,21)/b11-10-. The Bertz CT molecular complexity index is 688. The van der Waals surface area contributed by atoms with E-state index in [1.165, 1.54) is 30.5 Å². The molecule has 0 aliphatic rings. The molecule has 22 heavy (non-hydrogen) atoms. The largest absolute Gasteiger partial charge is 0.390 e. The van der Waals surface area contributed by atoms with Crippen molar-refractivity contribution in [2.75, 3.05) is 11.9 Å². The van der Waals surface area contributed by atoms with Crippen LogP contribution in [0.2, 0.25) is 0 Å². The van der Waals surface area contributed by atoms with Gasteiger partial charge >= 0.3 is 0 Å². The van der Waals surface area contributed by atoms with E-state index in [-0.39, 0.29) is 10.5 Å². The summed E-state index contributed by atoms with van der Waals surface area (Å²) in [7, 11) is -3.77. The summed E-state index contributed by atoms with van der Waals surface area (Å²) >= 11 is 0. The first-order valence-corrected chi connectivity index (χ1v) is 8.21. The molecule has 1 aromatic carbocycles. The number of nitrogens with one attached hydrogen (secondary N) is 2. The number of nitrogens with two attached hydrogens (primary N) is 1. The summed E-state index contributed by atoms with van der Waals surface area (Å²) in [4.78, 5) is 11.9. The van der Waals surface area contributed by atoms with Gasteiger partial charge in [0.05, 0.1) is 4.90 Å². The van der Waals surface area contributed by atoms with E-state index in [9.17, 15) is 13.2 Å². The lowest BCUT2D eigenvalue weighted by molar-refractivity contribution is -0.112. The highest BCUT2D eigenvalue weighted by atomic mass is 32.2. The van der Waals surface area contributed by atoms with Crippen molar-refractivity contribution in [1.82, 2.24) is 5.32 Å². The lowest BCUT2D eigenvalue weighted by atomic mass is 10.2. The van der Waals surface area contributed by atoms with Crippen molar-refractivity contribution < 1.29 is 13.2 Å². The van der Waals surface area contributed by atoms with Gasteiger partial charge in [0.15, 0.2) is 0 Å². The van der Waals surface area contributed by atoms with Crippen molar-refractivity contribution in [1.29, 1.82) is 5.26 Å². The molecule has 0 bridgehead atoms. The summed E-state index contributed by atoms with van der Waals surface area (Å²) in [6.07, 6.45) is 3.31. The second-order valence-corrected chi connectivity index (χ2v) is 6.06. The number of anilines is 1. The summed E-state index contributed by atoms with van der Waals surface area (Å²) < 4.78 is 22.2. The maximum absolute atomic E-state index is 11.9. The van der Waals surface area contributed by atoms with Crippen molar-refractivity contribution in [2.45, 2.75) is 24.7 Å². The van der Waals surface area contributed by atoms with Gasteiger partial charge in [-0.25, -0.2) is 13.6 Å². The first-order chi connectivity index (χ1) is 10.4. The number of nitrogens with zero attached hydrogens (tertiary/aromatic N) is 1. The number of amides is 1. The number of primary sulfonamides is 1. The molecule has 0 radical (unpaired) electrons. The Kier molecular flexibility index (Phi) is 6.56. The molecule has 1 aromatic rings. The van der Waals surface area contributed by atoms with E-state index >= 15 is 0 Å². The van der Waals surface area contributed by atoms with Crippen LogP contribution in [0.25, 0.3) is 0 Å². The van der Waals surface area contributed by atoms with Crippen molar-refractivity contribution in [3.63, 3.8) is 0 Å². The number of hydrogen-bond acceptors (Lipinski definition) is 5. The molecule has 118 valence electrons. The topological polar surface area (TPSA) is 125 Å². The second kappa shape index (κ2) is 8.17. The number of nitriles is 1. The highest BCUT2D eigenvalue weighted by molar-refractivity contribution is 7.89. The number of unbranched alkanes of at least 4 members (excludes halogenated alkanes) is 1. The predicted octanol–water partition coefficient (Wildman–Crippen LogP) is 1.07. The van der Waals surface area contributed by atoms with Gasteiger partial charge in [0.25, 0.3) is 5.91 Å². The van der Waals surface area contributed by atoms with E-state index in [1.807, 2.05) is 6.92 Å². The Hall–Kier alpha value is -2.37. The Morgan fingerprint density at radius 1 is 1.36 bits per heavy atom. The molecule has 0 aliphatic carbocycles. The van der Waals surface area contributed by atoms with Crippen LogP contribution in [0.3, 0.4) is 0 Å². The minimum absolute atomic E-state index is 0.0530. The van der Waals surface area contributed by atoms with E-state index in [1.54, 1.807) is 6.07 Å². The summed E-state index contributed by atoms with van der Waals surface area (Å²) in [6, 6.07) is 7.16. The molecule has 0 aromatic heterocycles. The minimum atomic E-state index is -3.77. The number of sulfonamides is 1. The minimum Gasteiger partial charge on any atom is -0.390 e. The van der Waals surface area contributed by atoms with Gasteiger partial charge < -0.3 is 10.6 Å². The molecule has 0 saturated heterocycles. The fourth-order valence-corrected chi connectivity index (χ4v) is 2.04. The lowest BCUT2D eigenvalue weighted by Gasteiger charge is -2.06. The number of carbonyl (C=O) groups excluding carboxylic acids is 1.